The van der Waals surface area contributed by atoms with Gasteiger partial charge in [-0.05, 0) is 12.5 Å². The molecule has 0 bridgehead atoms. The molecule has 0 spiro atoms. The lowest BCUT2D eigenvalue weighted by Gasteiger charge is -2.33. The molecule has 2 heterocycles. The number of carbonyl (C=O) groups excluding carboxylic acids is 1. The minimum Gasteiger partial charge on any atom is -0.493 e. The summed E-state index contributed by atoms with van der Waals surface area (Å²) >= 11 is 0. The highest BCUT2D eigenvalue weighted by molar-refractivity contribution is 5.79. The van der Waals surface area contributed by atoms with Gasteiger partial charge in [-0.3, -0.25) is 4.79 Å². The van der Waals surface area contributed by atoms with Crippen molar-refractivity contribution in [2.75, 3.05) is 20.3 Å². The van der Waals surface area contributed by atoms with Crippen molar-refractivity contribution in [1.29, 1.82) is 0 Å². The van der Waals surface area contributed by atoms with Crippen LogP contribution in [-0.4, -0.2) is 37.1 Å². The third kappa shape index (κ3) is 2.15. The number of para-hydroxylation sites is 1. The highest BCUT2D eigenvalue weighted by atomic mass is 16.5. The van der Waals surface area contributed by atoms with Crippen LogP contribution in [-0.2, 0) is 11.2 Å². The number of likely N-dealkylation sites (tertiary alicyclic amines) is 1. The largest absolute Gasteiger partial charge is 0.493 e. The van der Waals surface area contributed by atoms with Crippen molar-refractivity contribution in [3.8, 4) is 11.5 Å². The Morgan fingerprint density at radius 1 is 1.45 bits per heavy atom. The van der Waals surface area contributed by atoms with E-state index in [1.807, 2.05) is 29.2 Å². The van der Waals surface area contributed by atoms with E-state index < -0.39 is 0 Å². The Kier molecular flexibility index (Phi) is 3.38. The van der Waals surface area contributed by atoms with E-state index >= 15 is 0 Å². The van der Waals surface area contributed by atoms with Gasteiger partial charge in [0.15, 0.2) is 11.5 Å². The third-order valence-corrected chi connectivity index (χ3v) is 4.12. The molecule has 20 heavy (non-hydrogen) atoms. The average molecular weight is 273 g/mol. The van der Waals surface area contributed by atoms with Crippen molar-refractivity contribution in [2.24, 2.45) is 5.92 Å². The summed E-state index contributed by atoms with van der Waals surface area (Å²) in [6.45, 7) is 5.08. The molecule has 106 valence electrons. The second-order valence-corrected chi connectivity index (χ2v) is 5.36. The van der Waals surface area contributed by atoms with Crippen molar-refractivity contribution in [3.63, 3.8) is 0 Å². The number of fused-ring (bicyclic) bond motifs is 1. The topological polar surface area (TPSA) is 38.8 Å². The van der Waals surface area contributed by atoms with Crippen LogP contribution in [0.3, 0.4) is 0 Å². The number of methoxy groups -OCH3 is 1. The molecule has 0 saturated carbocycles. The molecule has 0 radical (unpaired) electrons. The first-order chi connectivity index (χ1) is 9.72. The summed E-state index contributed by atoms with van der Waals surface area (Å²) in [6.07, 6.45) is 3.27. The lowest BCUT2D eigenvalue weighted by Crippen LogP contribution is -2.44. The van der Waals surface area contributed by atoms with Crippen molar-refractivity contribution in [2.45, 2.75) is 18.9 Å². The second-order valence-electron chi connectivity index (χ2n) is 5.36. The normalized spacial score (nSPS) is 25.1. The molecular weight excluding hydrogens is 254 g/mol. The van der Waals surface area contributed by atoms with Gasteiger partial charge in [-0.25, -0.2) is 0 Å². The van der Waals surface area contributed by atoms with E-state index in [2.05, 4.69) is 6.58 Å². The van der Waals surface area contributed by atoms with Crippen molar-refractivity contribution < 1.29 is 14.3 Å². The average Bonchev–Trinajstić information content (AvgIpc) is 2.87. The molecule has 0 aliphatic carbocycles. The van der Waals surface area contributed by atoms with Gasteiger partial charge in [0.2, 0.25) is 5.91 Å². The first-order valence-electron chi connectivity index (χ1n) is 6.93. The summed E-state index contributed by atoms with van der Waals surface area (Å²) < 4.78 is 11.2. The fourth-order valence-corrected chi connectivity index (χ4v) is 3.01. The number of hydrogen-bond acceptors (Lipinski definition) is 3. The maximum absolute atomic E-state index is 12.1. The van der Waals surface area contributed by atoms with E-state index in [9.17, 15) is 4.79 Å². The summed E-state index contributed by atoms with van der Waals surface area (Å²) in [5, 5.41) is 0. The highest BCUT2D eigenvalue weighted by Gasteiger charge is 2.35. The molecule has 1 aromatic carbocycles. The molecule has 1 amide bonds. The van der Waals surface area contributed by atoms with Crippen LogP contribution in [0.4, 0.5) is 0 Å². The monoisotopic (exact) mass is 273 g/mol. The van der Waals surface area contributed by atoms with Gasteiger partial charge in [-0.1, -0.05) is 18.2 Å². The standard InChI is InChI=1S/C16H19NO3/c1-3-11-7-15(18)17(9-11)13-8-12-5-4-6-14(19-2)16(12)20-10-13/h3-6,11,13H,1,7-10H2,2H3. The quantitative estimate of drug-likeness (QED) is 0.791. The summed E-state index contributed by atoms with van der Waals surface area (Å²) in [5.74, 6) is 2.06. The molecule has 1 aromatic rings. The van der Waals surface area contributed by atoms with Crippen LogP contribution in [0.1, 0.15) is 12.0 Å². The van der Waals surface area contributed by atoms with E-state index in [0.29, 0.717) is 13.0 Å². The van der Waals surface area contributed by atoms with Crippen molar-refractivity contribution in [1.82, 2.24) is 4.90 Å². The minimum absolute atomic E-state index is 0.118. The summed E-state index contributed by atoms with van der Waals surface area (Å²) in [7, 11) is 1.64. The second kappa shape index (κ2) is 5.19. The number of benzene rings is 1. The summed E-state index contributed by atoms with van der Waals surface area (Å²) in [6, 6.07) is 6.01. The Labute approximate surface area is 119 Å². The first kappa shape index (κ1) is 13.0. The predicted octanol–water partition coefficient (Wildman–Crippen LogP) is 2.03. The number of rotatable bonds is 3. The molecule has 2 unspecified atom stereocenters. The zero-order valence-corrected chi connectivity index (χ0v) is 11.7. The van der Waals surface area contributed by atoms with Crippen LogP contribution < -0.4 is 9.47 Å². The molecule has 4 nitrogen and oxygen atoms in total. The Morgan fingerprint density at radius 3 is 3.00 bits per heavy atom. The molecule has 1 fully saturated rings. The molecule has 3 rings (SSSR count). The number of ether oxygens (including phenoxy) is 2. The Balaban J connectivity index is 1.79. The van der Waals surface area contributed by atoms with Crippen LogP contribution in [0.25, 0.3) is 0 Å². The maximum Gasteiger partial charge on any atom is 0.223 e. The summed E-state index contributed by atoms with van der Waals surface area (Å²) in [5.41, 5.74) is 1.11. The number of hydrogen-bond donors (Lipinski definition) is 0. The number of carbonyl (C=O) groups is 1. The van der Waals surface area contributed by atoms with Gasteiger partial charge in [-0.2, -0.15) is 0 Å². The SMILES string of the molecule is C=CC1CC(=O)N(C2COc3c(cccc3OC)C2)C1. The Morgan fingerprint density at radius 2 is 2.30 bits per heavy atom. The zero-order valence-electron chi connectivity index (χ0n) is 11.7. The lowest BCUT2D eigenvalue weighted by molar-refractivity contribution is -0.130. The van der Waals surface area contributed by atoms with Gasteiger partial charge in [0.05, 0.1) is 13.2 Å². The van der Waals surface area contributed by atoms with Crippen molar-refractivity contribution in [3.05, 3.63) is 36.4 Å². The van der Waals surface area contributed by atoms with Gasteiger partial charge >= 0.3 is 0 Å². The van der Waals surface area contributed by atoms with Crippen LogP contribution in [0.2, 0.25) is 0 Å². The third-order valence-electron chi connectivity index (χ3n) is 4.12. The Hall–Kier alpha value is -1.97. The molecule has 2 aliphatic heterocycles. The van der Waals surface area contributed by atoms with Crippen LogP contribution in [0.15, 0.2) is 30.9 Å². The van der Waals surface area contributed by atoms with Crippen LogP contribution in [0, 0.1) is 5.92 Å². The van der Waals surface area contributed by atoms with E-state index in [-0.39, 0.29) is 17.9 Å². The number of nitrogens with zero attached hydrogens (tertiary/aromatic N) is 1. The minimum atomic E-state index is 0.118. The van der Waals surface area contributed by atoms with Gasteiger partial charge < -0.3 is 14.4 Å². The fourth-order valence-electron chi connectivity index (χ4n) is 3.01. The molecule has 0 aromatic heterocycles. The molecule has 2 aliphatic rings. The lowest BCUT2D eigenvalue weighted by atomic mass is 10.0. The smallest absolute Gasteiger partial charge is 0.223 e. The van der Waals surface area contributed by atoms with Gasteiger partial charge in [0.25, 0.3) is 0 Å². The summed E-state index contributed by atoms with van der Waals surface area (Å²) in [4.78, 5) is 14.0. The highest BCUT2D eigenvalue weighted by Crippen LogP contribution is 2.36. The molecule has 0 N–H and O–H groups in total. The molecule has 2 atom stereocenters. The van der Waals surface area contributed by atoms with Gasteiger partial charge in [0.1, 0.15) is 6.61 Å². The van der Waals surface area contributed by atoms with Gasteiger partial charge in [-0.15, -0.1) is 6.58 Å². The van der Waals surface area contributed by atoms with E-state index in [0.717, 1.165) is 30.0 Å². The fraction of sp³-hybridized carbons (Fsp3) is 0.438. The Bertz CT molecular complexity index is 541. The molecule has 1 saturated heterocycles. The number of amides is 1. The predicted molar refractivity (Wildman–Crippen MR) is 76.0 cm³/mol. The van der Waals surface area contributed by atoms with Crippen molar-refractivity contribution >= 4 is 5.91 Å². The van der Waals surface area contributed by atoms with Gasteiger partial charge in [0, 0.05) is 24.4 Å². The zero-order chi connectivity index (χ0) is 14.1. The first-order valence-corrected chi connectivity index (χ1v) is 6.93. The molecule has 4 heteroatoms. The van der Waals surface area contributed by atoms with Crippen LogP contribution in [0.5, 0.6) is 11.5 Å². The van der Waals surface area contributed by atoms with E-state index in [4.69, 9.17) is 9.47 Å². The molecular formula is C16H19NO3. The van der Waals surface area contributed by atoms with Crippen LogP contribution >= 0.6 is 0 Å². The van der Waals surface area contributed by atoms with E-state index in [1.54, 1.807) is 7.11 Å². The van der Waals surface area contributed by atoms with E-state index in [1.165, 1.54) is 0 Å². The maximum atomic E-state index is 12.1.